The first-order valence-electron chi connectivity index (χ1n) is 5.88. The zero-order valence-corrected chi connectivity index (χ0v) is 11.3. The van der Waals surface area contributed by atoms with Crippen molar-refractivity contribution >= 4 is 5.97 Å². The summed E-state index contributed by atoms with van der Waals surface area (Å²) in [5, 5.41) is 12.9. The second kappa shape index (κ2) is 6.13. The van der Waals surface area contributed by atoms with Gasteiger partial charge in [0.2, 0.25) is 5.70 Å². The SMILES string of the molecule is CC(C)(C)C(O)=C(N=N)C(=O)OCc1ccccc1. The Morgan fingerprint density at radius 3 is 2.37 bits per heavy atom. The van der Waals surface area contributed by atoms with Crippen LogP contribution in [0.25, 0.3) is 0 Å². The highest BCUT2D eigenvalue weighted by atomic mass is 16.5. The van der Waals surface area contributed by atoms with E-state index in [2.05, 4.69) is 5.11 Å². The van der Waals surface area contributed by atoms with Crippen molar-refractivity contribution < 1.29 is 14.6 Å². The fraction of sp³-hybridized carbons (Fsp3) is 0.357. The molecule has 0 spiro atoms. The standard InChI is InChI=1S/C14H18N2O3/c1-14(2,3)12(17)11(16-15)13(18)19-9-10-7-5-4-6-8-10/h4-8,15,17H,9H2,1-3H3. The van der Waals surface area contributed by atoms with E-state index in [0.717, 1.165) is 5.56 Å². The highest BCUT2D eigenvalue weighted by Crippen LogP contribution is 2.26. The molecule has 0 fully saturated rings. The van der Waals surface area contributed by atoms with Gasteiger partial charge in [0, 0.05) is 5.41 Å². The van der Waals surface area contributed by atoms with E-state index in [1.165, 1.54) is 0 Å². The van der Waals surface area contributed by atoms with Crippen LogP contribution < -0.4 is 0 Å². The summed E-state index contributed by atoms with van der Waals surface area (Å²) in [6, 6.07) is 9.17. The summed E-state index contributed by atoms with van der Waals surface area (Å²) < 4.78 is 5.03. The largest absolute Gasteiger partial charge is 0.509 e. The molecule has 0 saturated heterocycles. The zero-order valence-electron chi connectivity index (χ0n) is 11.3. The van der Waals surface area contributed by atoms with Gasteiger partial charge in [0.05, 0.1) is 0 Å². The Morgan fingerprint density at radius 1 is 1.32 bits per heavy atom. The molecule has 19 heavy (non-hydrogen) atoms. The number of nitrogens with one attached hydrogen (secondary N) is 1. The smallest absolute Gasteiger partial charge is 0.362 e. The zero-order chi connectivity index (χ0) is 14.5. The second-order valence-corrected chi connectivity index (χ2v) is 5.12. The maximum absolute atomic E-state index is 11.8. The molecule has 0 aliphatic heterocycles. The highest BCUT2D eigenvalue weighted by Gasteiger charge is 2.26. The van der Waals surface area contributed by atoms with E-state index in [-0.39, 0.29) is 18.1 Å². The van der Waals surface area contributed by atoms with E-state index in [4.69, 9.17) is 10.3 Å². The molecule has 0 aromatic heterocycles. The fourth-order valence-electron chi connectivity index (χ4n) is 1.34. The molecule has 0 saturated carbocycles. The normalized spacial score (nSPS) is 12.6. The monoisotopic (exact) mass is 262 g/mol. The Hall–Kier alpha value is -2.17. The van der Waals surface area contributed by atoms with Crippen molar-refractivity contribution in [2.24, 2.45) is 10.5 Å². The Kier molecular flexibility index (Phi) is 4.80. The van der Waals surface area contributed by atoms with Crippen molar-refractivity contribution in [1.82, 2.24) is 0 Å². The van der Waals surface area contributed by atoms with Crippen LogP contribution in [0.1, 0.15) is 26.3 Å². The van der Waals surface area contributed by atoms with E-state index < -0.39 is 11.4 Å². The number of allylic oxidation sites excluding steroid dienone is 1. The second-order valence-electron chi connectivity index (χ2n) is 5.12. The molecule has 0 aliphatic rings. The average molecular weight is 262 g/mol. The molecule has 0 heterocycles. The Morgan fingerprint density at radius 2 is 1.89 bits per heavy atom. The van der Waals surface area contributed by atoms with Crippen LogP contribution >= 0.6 is 0 Å². The Bertz CT molecular complexity index is 487. The van der Waals surface area contributed by atoms with E-state index in [1.807, 2.05) is 30.3 Å². The van der Waals surface area contributed by atoms with E-state index in [9.17, 15) is 9.90 Å². The van der Waals surface area contributed by atoms with Crippen LogP contribution in [0.2, 0.25) is 0 Å². The third kappa shape index (κ3) is 4.21. The molecule has 1 rings (SSSR count). The molecule has 2 N–H and O–H groups in total. The topological polar surface area (TPSA) is 82.7 Å². The van der Waals surface area contributed by atoms with Gasteiger partial charge in [0.25, 0.3) is 0 Å². The van der Waals surface area contributed by atoms with Crippen LogP contribution in [-0.2, 0) is 16.1 Å². The van der Waals surface area contributed by atoms with Crippen LogP contribution in [0.5, 0.6) is 0 Å². The fourth-order valence-corrected chi connectivity index (χ4v) is 1.34. The van der Waals surface area contributed by atoms with Crippen LogP contribution in [-0.4, -0.2) is 11.1 Å². The number of nitrogens with zero attached hydrogens (tertiary/aromatic N) is 1. The molecule has 5 heteroatoms. The summed E-state index contributed by atoms with van der Waals surface area (Å²) in [6.45, 7) is 5.24. The first-order chi connectivity index (χ1) is 8.86. The number of ether oxygens (including phenoxy) is 1. The molecular formula is C14H18N2O3. The van der Waals surface area contributed by atoms with Gasteiger partial charge in [-0.05, 0) is 5.56 Å². The van der Waals surface area contributed by atoms with E-state index >= 15 is 0 Å². The number of carbonyl (C=O) groups excluding carboxylic acids is 1. The molecule has 1 aromatic rings. The predicted molar refractivity (Wildman–Crippen MR) is 70.5 cm³/mol. The Balaban J connectivity index is 2.79. The molecule has 102 valence electrons. The molecule has 0 amide bonds. The minimum Gasteiger partial charge on any atom is -0.509 e. The van der Waals surface area contributed by atoms with Crippen molar-refractivity contribution in [3.63, 3.8) is 0 Å². The molecule has 5 nitrogen and oxygen atoms in total. The number of hydrogen-bond donors (Lipinski definition) is 2. The average Bonchev–Trinajstić information content (AvgIpc) is 2.37. The van der Waals surface area contributed by atoms with Crippen LogP contribution in [0.15, 0.2) is 46.9 Å². The summed E-state index contributed by atoms with van der Waals surface area (Å²) in [6.07, 6.45) is 0. The van der Waals surface area contributed by atoms with Crippen LogP contribution in [0.4, 0.5) is 0 Å². The number of esters is 1. The van der Waals surface area contributed by atoms with Gasteiger partial charge in [-0.25, -0.2) is 10.3 Å². The van der Waals surface area contributed by atoms with Gasteiger partial charge in [0.15, 0.2) is 0 Å². The molecule has 0 radical (unpaired) electrons. The molecule has 0 unspecified atom stereocenters. The van der Waals surface area contributed by atoms with E-state index in [1.54, 1.807) is 20.8 Å². The number of carbonyl (C=O) groups is 1. The molecule has 0 bridgehead atoms. The quantitative estimate of drug-likeness (QED) is 0.376. The molecular weight excluding hydrogens is 244 g/mol. The third-order valence-corrected chi connectivity index (χ3v) is 2.45. The van der Waals surface area contributed by atoms with Gasteiger partial charge < -0.3 is 9.84 Å². The van der Waals surface area contributed by atoms with Gasteiger partial charge in [-0.2, -0.15) is 0 Å². The van der Waals surface area contributed by atoms with Gasteiger partial charge in [-0.15, -0.1) is 5.11 Å². The number of rotatable bonds is 4. The van der Waals surface area contributed by atoms with Crippen molar-refractivity contribution in [2.75, 3.05) is 0 Å². The summed E-state index contributed by atoms with van der Waals surface area (Å²) in [5.74, 6) is -1.05. The third-order valence-electron chi connectivity index (χ3n) is 2.45. The molecule has 0 atom stereocenters. The number of benzene rings is 1. The predicted octanol–water partition coefficient (Wildman–Crippen LogP) is 3.58. The maximum Gasteiger partial charge on any atom is 0.362 e. The molecule has 0 aliphatic carbocycles. The van der Waals surface area contributed by atoms with Gasteiger partial charge in [-0.3, -0.25) is 0 Å². The lowest BCUT2D eigenvalue weighted by molar-refractivity contribution is -0.140. The van der Waals surface area contributed by atoms with Crippen molar-refractivity contribution in [3.8, 4) is 0 Å². The lowest BCUT2D eigenvalue weighted by atomic mass is 9.92. The number of hydrogen-bond acceptors (Lipinski definition) is 5. The summed E-state index contributed by atoms with van der Waals surface area (Å²) >= 11 is 0. The minimum atomic E-state index is -0.800. The number of aliphatic hydroxyl groups excluding tert-OH is 1. The van der Waals surface area contributed by atoms with Crippen LogP contribution in [0.3, 0.4) is 0 Å². The van der Waals surface area contributed by atoms with Gasteiger partial charge >= 0.3 is 5.97 Å². The summed E-state index contributed by atoms with van der Waals surface area (Å²) in [5.41, 5.74) is 6.80. The van der Waals surface area contributed by atoms with Crippen LogP contribution in [0, 0.1) is 10.9 Å². The summed E-state index contributed by atoms with van der Waals surface area (Å²) in [4.78, 5) is 11.8. The molecule has 1 aromatic carbocycles. The first kappa shape index (κ1) is 14.9. The van der Waals surface area contributed by atoms with Crippen molar-refractivity contribution in [3.05, 3.63) is 47.4 Å². The Labute approximate surface area is 112 Å². The highest BCUT2D eigenvalue weighted by molar-refractivity contribution is 5.88. The number of aliphatic hydroxyl groups is 1. The first-order valence-corrected chi connectivity index (χ1v) is 5.88. The van der Waals surface area contributed by atoms with E-state index in [0.29, 0.717) is 0 Å². The maximum atomic E-state index is 11.8. The summed E-state index contributed by atoms with van der Waals surface area (Å²) in [7, 11) is 0. The lowest BCUT2D eigenvalue weighted by Gasteiger charge is -2.18. The minimum absolute atomic E-state index is 0.0795. The van der Waals surface area contributed by atoms with Crippen molar-refractivity contribution in [1.29, 1.82) is 5.53 Å². The lowest BCUT2D eigenvalue weighted by Crippen LogP contribution is -2.16. The van der Waals surface area contributed by atoms with Crippen molar-refractivity contribution in [2.45, 2.75) is 27.4 Å². The van der Waals surface area contributed by atoms with Gasteiger partial charge in [-0.1, -0.05) is 51.1 Å². The van der Waals surface area contributed by atoms with Gasteiger partial charge in [0.1, 0.15) is 12.4 Å².